The zero-order chi connectivity index (χ0) is 12.0. The van der Waals surface area contributed by atoms with E-state index in [4.69, 9.17) is 0 Å². The van der Waals surface area contributed by atoms with Gasteiger partial charge in [0.15, 0.2) is 0 Å². The molecule has 2 N–H and O–H groups in total. The number of H-pyrrole nitrogens is 1. The fourth-order valence-corrected chi connectivity index (χ4v) is 2.14. The molecule has 0 aliphatic heterocycles. The molecule has 16 heavy (non-hydrogen) atoms. The standard InChI is InChI=1S/C11H19N3OS/c1-4-8(7-16-3)12-10-6-11(15)14-9(5-2)13-10/h6,8H,4-5,7H2,1-3H3,(H2,12,13,14,15). The second-order valence-corrected chi connectivity index (χ2v) is 4.55. The van der Waals surface area contributed by atoms with Crippen LogP contribution in [0, 0.1) is 0 Å². The maximum absolute atomic E-state index is 11.4. The topological polar surface area (TPSA) is 57.8 Å². The first kappa shape index (κ1) is 13.1. The first-order valence-corrected chi connectivity index (χ1v) is 6.94. The molecular weight excluding hydrogens is 222 g/mol. The highest BCUT2D eigenvalue weighted by atomic mass is 32.2. The molecule has 1 aromatic heterocycles. The molecule has 0 aliphatic rings. The van der Waals surface area contributed by atoms with Gasteiger partial charge in [-0.15, -0.1) is 0 Å². The van der Waals surface area contributed by atoms with Gasteiger partial charge in [0.2, 0.25) is 0 Å². The highest BCUT2D eigenvalue weighted by molar-refractivity contribution is 7.98. The number of aryl methyl sites for hydroxylation is 1. The summed E-state index contributed by atoms with van der Waals surface area (Å²) in [7, 11) is 0. The summed E-state index contributed by atoms with van der Waals surface area (Å²) in [6, 6.07) is 1.89. The summed E-state index contributed by atoms with van der Waals surface area (Å²) in [5.41, 5.74) is -0.0895. The third kappa shape index (κ3) is 3.89. The molecule has 4 nitrogen and oxygen atoms in total. The minimum atomic E-state index is -0.0895. The largest absolute Gasteiger partial charge is 0.366 e. The van der Waals surface area contributed by atoms with Crippen molar-refractivity contribution in [1.82, 2.24) is 9.97 Å². The summed E-state index contributed by atoms with van der Waals surface area (Å²) in [5, 5.41) is 3.29. The summed E-state index contributed by atoms with van der Waals surface area (Å²) >= 11 is 1.79. The lowest BCUT2D eigenvalue weighted by Gasteiger charge is -2.16. The van der Waals surface area contributed by atoms with Gasteiger partial charge in [-0.1, -0.05) is 13.8 Å². The van der Waals surface area contributed by atoms with Gasteiger partial charge in [0.1, 0.15) is 11.6 Å². The van der Waals surface area contributed by atoms with Crippen LogP contribution in [0.15, 0.2) is 10.9 Å². The molecule has 0 fully saturated rings. The number of nitrogens with one attached hydrogen (secondary N) is 2. The second-order valence-electron chi connectivity index (χ2n) is 3.64. The number of nitrogens with zero attached hydrogens (tertiary/aromatic N) is 1. The van der Waals surface area contributed by atoms with Crippen molar-refractivity contribution >= 4 is 17.6 Å². The van der Waals surface area contributed by atoms with E-state index >= 15 is 0 Å². The Morgan fingerprint density at radius 2 is 2.31 bits per heavy atom. The number of hydrogen-bond acceptors (Lipinski definition) is 4. The molecule has 1 aromatic rings. The van der Waals surface area contributed by atoms with Gasteiger partial charge in [-0.05, 0) is 12.7 Å². The van der Waals surface area contributed by atoms with E-state index in [-0.39, 0.29) is 5.56 Å². The number of aromatic nitrogens is 2. The van der Waals surface area contributed by atoms with Gasteiger partial charge < -0.3 is 10.3 Å². The van der Waals surface area contributed by atoms with Crippen LogP contribution >= 0.6 is 11.8 Å². The molecule has 0 amide bonds. The van der Waals surface area contributed by atoms with E-state index in [0.717, 1.165) is 24.4 Å². The van der Waals surface area contributed by atoms with E-state index in [1.54, 1.807) is 11.8 Å². The van der Waals surface area contributed by atoms with Crippen LogP contribution in [0.25, 0.3) is 0 Å². The van der Waals surface area contributed by atoms with E-state index in [9.17, 15) is 4.79 Å². The van der Waals surface area contributed by atoms with Crippen molar-refractivity contribution < 1.29 is 0 Å². The van der Waals surface area contributed by atoms with Crippen LogP contribution in [0.2, 0.25) is 0 Å². The summed E-state index contributed by atoms with van der Waals surface area (Å²) in [5.74, 6) is 2.43. The van der Waals surface area contributed by atoms with Crippen molar-refractivity contribution in [1.29, 1.82) is 0 Å². The summed E-state index contributed by atoms with van der Waals surface area (Å²) < 4.78 is 0. The molecule has 0 aliphatic carbocycles. The van der Waals surface area contributed by atoms with E-state index in [1.807, 2.05) is 6.92 Å². The predicted molar refractivity (Wildman–Crippen MR) is 70.3 cm³/mol. The molecule has 0 radical (unpaired) electrons. The lowest BCUT2D eigenvalue weighted by molar-refractivity contribution is 0.764. The summed E-state index contributed by atoms with van der Waals surface area (Å²) in [4.78, 5) is 18.4. The zero-order valence-corrected chi connectivity index (χ0v) is 10.9. The molecule has 0 saturated heterocycles. The Kier molecular flexibility index (Phi) is 5.38. The lowest BCUT2D eigenvalue weighted by atomic mass is 10.2. The van der Waals surface area contributed by atoms with Crippen molar-refractivity contribution in [3.8, 4) is 0 Å². The van der Waals surface area contributed by atoms with E-state index in [2.05, 4.69) is 28.5 Å². The van der Waals surface area contributed by atoms with E-state index in [0.29, 0.717) is 11.9 Å². The van der Waals surface area contributed by atoms with Gasteiger partial charge in [-0.2, -0.15) is 11.8 Å². The van der Waals surface area contributed by atoms with Gasteiger partial charge in [-0.3, -0.25) is 4.79 Å². The minimum absolute atomic E-state index is 0.0895. The molecule has 5 heteroatoms. The average Bonchev–Trinajstić information content (AvgIpc) is 2.27. The minimum Gasteiger partial charge on any atom is -0.366 e. The monoisotopic (exact) mass is 241 g/mol. The van der Waals surface area contributed by atoms with Gasteiger partial charge in [0, 0.05) is 24.3 Å². The highest BCUT2D eigenvalue weighted by Crippen LogP contribution is 2.08. The molecule has 1 unspecified atom stereocenters. The summed E-state index contributed by atoms with van der Waals surface area (Å²) in [6.45, 7) is 4.10. The maximum atomic E-state index is 11.4. The van der Waals surface area contributed by atoms with Gasteiger partial charge >= 0.3 is 0 Å². The van der Waals surface area contributed by atoms with Crippen molar-refractivity contribution in [2.45, 2.75) is 32.7 Å². The lowest BCUT2D eigenvalue weighted by Crippen LogP contribution is -2.23. The zero-order valence-electron chi connectivity index (χ0n) is 10.0. The van der Waals surface area contributed by atoms with Crippen LogP contribution in [0.3, 0.4) is 0 Å². The highest BCUT2D eigenvalue weighted by Gasteiger charge is 2.07. The van der Waals surface area contributed by atoms with Crippen molar-refractivity contribution in [3.63, 3.8) is 0 Å². The fourth-order valence-electron chi connectivity index (χ4n) is 1.42. The van der Waals surface area contributed by atoms with Crippen LogP contribution in [0.1, 0.15) is 26.1 Å². The Morgan fingerprint density at radius 1 is 1.56 bits per heavy atom. The molecule has 1 heterocycles. The predicted octanol–water partition coefficient (Wildman–Crippen LogP) is 1.89. The SMILES string of the molecule is CCc1nc(NC(CC)CSC)cc(=O)[nH]1. The average molecular weight is 241 g/mol. The van der Waals surface area contributed by atoms with Crippen LogP contribution in [-0.4, -0.2) is 28.0 Å². The number of anilines is 1. The van der Waals surface area contributed by atoms with Crippen molar-refractivity contribution in [3.05, 3.63) is 22.2 Å². The molecule has 0 spiro atoms. The third-order valence-electron chi connectivity index (χ3n) is 2.34. The quantitative estimate of drug-likeness (QED) is 0.798. The normalized spacial score (nSPS) is 12.4. The number of rotatable bonds is 6. The molecule has 1 rings (SSSR count). The van der Waals surface area contributed by atoms with Gasteiger partial charge in [0.05, 0.1) is 0 Å². The fraction of sp³-hybridized carbons (Fsp3) is 0.636. The number of thioether (sulfide) groups is 1. The Labute approximate surface area is 100 Å². The third-order valence-corrected chi connectivity index (χ3v) is 3.07. The van der Waals surface area contributed by atoms with Crippen LogP contribution < -0.4 is 10.9 Å². The van der Waals surface area contributed by atoms with E-state index in [1.165, 1.54) is 6.07 Å². The van der Waals surface area contributed by atoms with Crippen LogP contribution in [0.4, 0.5) is 5.82 Å². The van der Waals surface area contributed by atoms with Gasteiger partial charge in [-0.25, -0.2) is 4.98 Å². The second kappa shape index (κ2) is 6.58. The maximum Gasteiger partial charge on any atom is 0.252 e. The molecule has 1 atom stereocenters. The van der Waals surface area contributed by atoms with Crippen LogP contribution in [-0.2, 0) is 6.42 Å². The number of aromatic amines is 1. The van der Waals surface area contributed by atoms with Crippen LogP contribution in [0.5, 0.6) is 0 Å². The van der Waals surface area contributed by atoms with Gasteiger partial charge in [0.25, 0.3) is 5.56 Å². The first-order chi connectivity index (χ1) is 7.69. The first-order valence-electron chi connectivity index (χ1n) is 5.55. The smallest absolute Gasteiger partial charge is 0.252 e. The Hall–Kier alpha value is -0.970. The van der Waals surface area contributed by atoms with Crippen molar-refractivity contribution in [2.24, 2.45) is 0 Å². The number of hydrogen-bond donors (Lipinski definition) is 2. The molecule has 0 bridgehead atoms. The van der Waals surface area contributed by atoms with E-state index < -0.39 is 0 Å². The molecular formula is C11H19N3OS. The Morgan fingerprint density at radius 3 is 2.88 bits per heavy atom. The Bertz CT molecular complexity index is 378. The summed E-state index contributed by atoms with van der Waals surface area (Å²) in [6.07, 6.45) is 3.84. The Balaban J connectivity index is 2.79. The molecule has 90 valence electrons. The van der Waals surface area contributed by atoms with Crippen molar-refractivity contribution in [2.75, 3.05) is 17.3 Å². The molecule has 0 saturated carbocycles. The molecule has 0 aromatic carbocycles.